The second kappa shape index (κ2) is 9.34. The van der Waals surface area contributed by atoms with E-state index in [4.69, 9.17) is 0 Å². The number of rotatable bonds is 7. The van der Waals surface area contributed by atoms with E-state index in [1.165, 1.54) is 0 Å². The van der Waals surface area contributed by atoms with Gasteiger partial charge < -0.3 is 15.1 Å². The quantitative estimate of drug-likeness (QED) is 0.832. The van der Waals surface area contributed by atoms with Crippen molar-refractivity contribution in [1.29, 1.82) is 0 Å². The summed E-state index contributed by atoms with van der Waals surface area (Å²) in [6.07, 6.45) is 5.81. The Labute approximate surface area is 156 Å². The fourth-order valence-corrected chi connectivity index (χ4v) is 3.53. The summed E-state index contributed by atoms with van der Waals surface area (Å²) in [5.41, 5.74) is 2.17. The number of likely N-dealkylation sites (tertiary alicyclic amines) is 1. The van der Waals surface area contributed by atoms with Crippen molar-refractivity contribution in [2.24, 2.45) is 5.92 Å². The summed E-state index contributed by atoms with van der Waals surface area (Å²) in [5, 5.41) is 3.24. The first-order valence-electron chi connectivity index (χ1n) is 9.37. The van der Waals surface area contributed by atoms with Crippen LogP contribution in [0.15, 0.2) is 54.9 Å². The minimum atomic E-state index is 0.209. The fraction of sp³-hybridized carbons (Fsp3) is 0.429. The second-order valence-electron chi connectivity index (χ2n) is 6.93. The predicted molar refractivity (Wildman–Crippen MR) is 105 cm³/mol. The lowest BCUT2D eigenvalue weighted by molar-refractivity contribution is -0.131. The third kappa shape index (κ3) is 5.05. The Bertz CT molecular complexity index is 669. The van der Waals surface area contributed by atoms with Crippen LogP contribution in [-0.4, -0.2) is 49.0 Å². The molecule has 1 aromatic carbocycles. The van der Waals surface area contributed by atoms with Crippen LogP contribution in [0.5, 0.6) is 0 Å². The van der Waals surface area contributed by atoms with Gasteiger partial charge in [0.1, 0.15) is 0 Å². The van der Waals surface area contributed by atoms with E-state index in [2.05, 4.69) is 33.4 Å². The maximum atomic E-state index is 12.9. The molecule has 0 atom stereocenters. The van der Waals surface area contributed by atoms with Crippen molar-refractivity contribution < 1.29 is 4.79 Å². The smallest absolute Gasteiger partial charge is 0.242 e. The van der Waals surface area contributed by atoms with Crippen LogP contribution in [0.25, 0.3) is 0 Å². The number of nitrogens with one attached hydrogen (secondary N) is 1. The molecule has 138 valence electrons. The zero-order valence-electron chi connectivity index (χ0n) is 15.5. The number of nitrogens with zero attached hydrogens (tertiary/aromatic N) is 3. The molecule has 1 aliphatic rings. The van der Waals surface area contributed by atoms with Crippen molar-refractivity contribution in [1.82, 2.24) is 15.2 Å². The molecule has 5 heteroatoms. The number of pyridine rings is 1. The van der Waals surface area contributed by atoms with E-state index < -0.39 is 0 Å². The van der Waals surface area contributed by atoms with Crippen molar-refractivity contribution in [2.75, 3.05) is 38.1 Å². The van der Waals surface area contributed by atoms with Crippen LogP contribution < -0.4 is 10.2 Å². The lowest BCUT2D eigenvalue weighted by Gasteiger charge is -2.34. The topological polar surface area (TPSA) is 48.5 Å². The van der Waals surface area contributed by atoms with Crippen molar-refractivity contribution in [3.8, 4) is 0 Å². The molecule has 1 N–H and O–H groups in total. The van der Waals surface area contributed by atoms with E-state index in [0.29, 0.717) is 19.0 Å². The van der Waals surface area contributed by atoms with E-state index in [1.54, 1.807) is 6.20 Å². The maximum absolute atomic E-state index is 12.9. The molecule has 5 nitrogen and oxygen atoms in total. The highest BCUT2D eigenvalue weighted by atomic mass is 16.2. The summed E-state index contributed by atoms with van der Waals surface area (Å²) in [7, 11) is 1.99. The Morgan fingerprint density at radius 1 is 1.19 bits per heavy atom. The number of para-hydroxylation sites is 1. The first-order valence-corrected chi connectivity index (χ1v) is 9.37. The van der Waals surface area contributed by atoms with Gasteiger partial charge in [-0.2, -0.15) is 0 Å². The van der Waals surface area contributed by atoms with Crippen molar-refractivity contribution in [3.05, 3.63) is 60.4 Å². The Morgan fingerprint density at radius 2 is 1.96 bits per heavy atom. The Morgan fingerprint density at radius 3 is 2.62 bits per heavy atom. The van der Waals surface area contributed by atoms with Crippen LogP contribution in [0.3, 0.4) is 0 Å². The Kier molecular flexibility index (Phi) is 6.61. The number of amides is 1. The molecule has 0 unspecified atom stereocenters. The van der Waals surface area contributed by atoms with Gasteiger partial charge in [0.25, 0.3) is 0 Å². The number of anilines is 1. The summed E-state index contributed by atoms with van der Waals surface area (Å²) in [5.74, 6) is 0.894. The summed E-state index contributed by atoms with van der Waals surface area (Å²) in [6, 6.07) is 14.1. The number of aromatic nitrogens is 1. The molecule has 2 heterocycles. The van der Waals surface area contributed by atoms with E-state index in [0.717, 1.165) is 43.7 Å². The maximum Gasteiger partial charge on any atom is 0.242 e. The summed E-state index contributed by atoms with van der Waals surface area (Å²) < 4.78 is 0. The molecular formula is C21H28N4O. The van der Waals surface area contributed by atoms with Gasteiger partial charge >= 0.3 is 0 Å². The van der Waals surface area contributed by atoms with Crippen LogP contribution >= 0.6 is 0 Å². The van der Waals surface area contributed by atoms with Crippen LogP contribution in [-0.2, 0) is 11.3 Å². The molecule has 2 aromatic rings. The van der Waals surface area contributed by atoms with E-state index in [1.807, 2.05) is 42.4 Å². The minimum Gasteiger partial charge on any atom is -0.358 e. The van der Waals surface area contributed by atoms with Crippen molar-refractivity contribution in [3.63, 3.8) is 0 Å². The van der Waals surface area contributed by atoms with Crippen LogP contribution in [0.2, 0.25) is 0 Å². The van der Waals surface area contributed by atoms with Gasteiger partial charge in [-0.3, -0.25) is 9.78 Å². The van der Waals surface area contributed by atoms with Gasteiger partial charge in [0.15, 0.2) is 0 Å². The third-order valence-electron chi connectivity index (χ3n) is 5.00. The molecule has 0 bridgehead atoms. The van der Waals surface area contributed by atoms with Crippen molar-refractivity contribution in [2.45, 2.75) is 19.4 Å². The molecule has 26 heavy (non-hydrogen) atoms. The first-order chi connectivity index (χ1) is 12.8. The average Bonchev–Trinajstić information content (AvgIpc) is 2.70. The van der Waals surface area contributed by atoms with Gasteiger partial charge in [0, 0.05) is 37.7 Å². The highest BCUT2D eigenvalue weighted by Gasteiger charge is 2.24. The lowest BCUT2D eigenvalue weighted by Crippen LogP contribution is -2.45. The van der Waals surface area contributed by atoms with Crippen LogP contribution in [0.4, 0.5) is 5.69 Å². The van der Waals surface area contributed by atoms with Gasteiger partial charge in [-0.05, 0) is 56.1 Å². The molecule has 1 saturated heterocycles. The minimum absolute atomic E-state index is 0.209. The van der Waals surface area contributed by atoms with E-state index >= 15 is 0 Å². The molecular weight excluding hydrogens is 324 g/mol. The lowest BCUT2D eigenvalue weighted by atomic mass is 9.97. The standard InChI is InChI=1S/C21H28N4O/c1-22-14-18-9-12-24(13-10-18)21(26)17-25(20-7-3-2-4-8-20)16-19-6-5-11-23-15-19/h2-8,11,15,18,22H,9-10,12-14,16-17H2,1H3. The first kappa shape index (κ1) is 18.4. The van der Waals surface area contributed by atoms with Gasteiger partial charge in [0.2, 0.25) is 5.91 Å². The third-order valence-corrected chi connectivity index (χ3v) is 5.00. The summed E-state index contributed by atoms with van der Waals surface area (Å²) in [6.45, 7) is 3.84. The fourth-order valence-electron chi connectivity index (χ4n) is 3.53. The molecule has 0 spiro atoms. The molecule has 1 amide bonds. The predicted octanol–water partition coefficient (Wildman–Crippen LogP) is 2.55. The SMILES string of the molecule is CNCC1CCN(C(=O)CN(Cc2cccnc2)c2ccccc2)CC1. The number of benzene rings is 1. The van der Waals surface area contributed by atoms with Gasteiger partial charge in [-0.1, -0.05) is 24.3 Å². The summed E-state index contributed by atoms with van der Waals surface area (Å²) in [4.78, 5) is 21.2. The van der Waals surface area contributed by atoms with Gasteiger partial charge in [-0.15, -0.1) is 0 Å². The van der Waals surface area contributed by atoms with E-state index in [-0.39, 0.29) is 5.91 Å². The zero-order chi connectivity index (χ0) is 18.2. The number of hydrogen-bond acceptors (Lipinski definition) is 4. The molecule has 0 aliphatic carbocycles. The van der Waals surface area contributed by atoms with Gasteiger partial charge in [-0.25, -0.2) is 0 Å². The highest BCUT2D eigenvalue weighted by Crippen LogP contribution is 2.19. The monoisotopic (exact) mass is 352 g/mol. The van der Waals surface area contributed by atoms with E-state index in [9.17, 15) is 4.79 Å². The number of hydrogen-bond donors (Lipinski definition) is 1. The second-order valence-corrected chi connectivity index (χ2v) is 6.93. The molecule has 1 aromatic heterocycles. The normalized spacial score (nSPS) is 15.0. The number of carbonyl (C=O) groups excluding carboxylic acids is 1. The highest BCUT2D eigenvalue weighted by molar-refractivity contribution is 5.81. The Hall–Kier alpha value is -2.40. The largest absolute Gasteiger partial charge is 0.358 e. The van der Waals surface area contributed by atoms with Crippen LogP contribution in [0, 0.1) is 5.92 Å². The summed E-state index contributed by atoms with van der Waals surface area (Å²) >= 11 is 0. The van der Waals surface area contributed by atoms with Crippen LogP contribution in [0.1, 0.15) is 18.4 Å². The zero-order valence-corrected chi connectivity index (χ0v) is 15.5. The Balaban J connectivity index is 1.65. The molecule has 0 radical (unpaired) electrons. The molecule has 0 saturated carbocycles. The average molecular weight is 352 g/mol. The number of carbonyl (C=O) groups is 1. The van der Waals surface area contributed by atoms with Gasteiger partial charge in [0.05, 0.1) is 6.54 Å². The molecule has 3 rings (SSSR count). The molecule has 1 aliphatic heterocycles. The van der Waals surface area contributed by atoms with Crippen molar-refractivity contribution >= 4 is 11.6 Å². The molecule has 1 fully saturated rings. The number of piperidine rings is 1.